The molecule has 4 aromatic rings. The first-order valence-electron chi connectivity index (χ1n) is 10.9. The number of pyridine rings is 1. The van der Waals surface area contributed by atoms with E-state index in [4.69, 9.17) is 0 Å². The Bertz CT molecular complexity index is 1510. The van der Waals surface area contributed by atoms with Crippen LogP contribution >= 0.6 is 0 Å². The van der Waals surface area contributed by atoms with Crippen molar-refractivity contribution in [1.29, 1.82) is 0 Å². The van der Waals surface area contributed by atoms with Crippen molar-refractivity contribution in [2.45, 2.75) is 19.1 Å². The molecule has 0 radical (unpaired) electrons. The zero-order valence-corrected chi connectivity index (χ0v) is 18.3. The SMILES string of the molecule is O=C(Nc1cc(C(F)(F)F)ccc1N1CCc2ccccc2C1)c1c(O)c2ccccc2[nH]c1=O. The summed E-state index contributed by atoms with van der Waals surface area (Å²) in [6, 6.07) is 17.3. The first-order chi connectivity index (χ1) is 16.7. The number of rotatable bonds is 3. The number of halogens is 3. The van der Waals surface area contributed by atoms with Crippen LogP contribution in [0.3, 0.4) is 0 Å². The molecule has 3 aromatic carbocycles. The highest BCUT2D eigenvalue weighted by atomic mass is 19.4. The van der Waals surface area contributed by atoms with E-state index < -0.39 is 34.5 Å². The maximum absolute atomic E-state index is 13.5. The molecule has 1 aliphatic rings. The van der Waals surface area contributed by atoms with Gasteiger partial charge in [-0.2, -0.15) is 13.2 Å². The zero-order valence-electron chi connectivity index (χ0n) is 18.3. The van der Waals surface area contributed by atoms with Crippen LogP contribution in [-0.2, 0) is 19.1 Å². The number of carbonyl (C=O) groups excluding carboxylic acids is 1. The first-order valence-corrected chi connectivity index (χ1v) is 10.9. The number of anilines is 2. The molecule has 0 fully saturated rings. The van der Waals surface area contributed by atoms with E-state index in [2.05, 4.69) is 10.3 Å². The second-order valence-electron chi connectivity index (χ2n) is 8.35. The van der Waals surface area contributed by atoms with Crippen molar-refractivity contribution in [3.05, 3.63) is 99.3 Å². The molecule has 2 heterocycles. The molecule has 0 spiro atoms. The highest BCUT2D eigenvalue weighted by Crippen LogP contribution is 2.37. The van der Waals surface area contributed by atoms with Crippen LogP contribution in [0, 0.1) is 0 Å². The molecule has 9 heteroatoms. The van der Waals surface area contributed by atoms with Gasteiger partial charge in [0.05, 0.1) is 22.5 Å². The van der Waals surface area contributed by atoms with Crippen molar-refractivity contribution >= 4 is 28.2 Å². The first kappa shape index (κ1) is 22.5. The van der Waals surface area contributed by atoms with E-state index in [0.717, 1.165) is 23.3 Å². The van der Waals surface area contributed by atoms with Gasteiger partial charge in [-0.1, -0.05) is 36.4 Å². The lowest BCUT2D eigenvalue weighted by atomic mass is 9.99. The largest absolute Gasteiger partial charge is 0.506 e. The predicted octanol–water partition coefficient (Wildman–Crippen LogP) is 5.07. The smallest absolute Gasteiger partial charge is 0.416 e. The van der Waals surface area contributed by atoms with Crippen LogP contribution in [-0.4, -0.2) is 22.5 Å². The van der Waals surface area contributed by atoms with Crippen LogP contribution < -0.4 is 15.8 Å². The van der Waals surface area contributed by atoms with Crippen molar-refractivity contribution in [2.24, 2.45) is 0 Å². The van der Waals surface area contributed by atoms with E-state index in [1.54, 1.807) is 18.2 Å². The summed E-state index contributed by atoms with van der Waals surface area (Å²) in [6.45, 7) is 0.985. The lowest BCUT2D eigenvalue weighted by molar-refractivity contribution is -0.137. The number of hydrogen-bond donors (Lipinski definition) is 3. The number of amides is 1. The molecule has 6 nitrogen and oxygen atoms in total. The van der Waals surface area contributed by atoms with E-state index in [0.29, 0.717) is 30.7 Å². The molecule has 0 bridgehead atoms. The summed E-state index contributed by atoms with van der Waals surface area (Å²) in [6.07, 6.45) is -3.94. The number of benzene rings is 3. The molecular weight excluding hydrogens is 459 g/mol. The van der Waals surface area contributed by atoms with Crippen molar-refractivity contribution in [3.8, 4) is 5.75 Å². The predicted molar refractivity (Wildman–Crippen MR) is 127 cm³/mol. The van der Waals surface area contributed by atoms with Crippen molar-refractivity contribution < 1.29 is 23.1 Å². The number of aromatic amines is 1. The fourth-order valence-electron chi connectivity index (χ4n) is 4.41. The fraction of sp³-hybridized carbons (Fsp3) is 0.154. The van der Waals surface area contributed by atoms with Gasteiger partial charge in [-0.15, -0.1) is 0 Å². The van der Waals surface area contributed by atoms with Crippen LogP contribution in [0.15, 0.2) is 71.5 Å². The molecule has 1 amide bonds. The number of nitrogens with zero attached hydrogens (tertiary/aromatic N) is 1. The molecule has 0 saturated heterocycles. The van der Waals surface area contributed by atoms with Gasteiger partial charge in [-0.25, -0.2) is 0 Å². The van der Waals surface area contributed by atoms with Gasteiger partial charge in [-0.3, -0.25) is 9.59 Å². The third kappa shape index (κ3) is 4.21. The molecule has 0 unspecified atom stereocenters. The molecule has 1 aliphatic heterocycles. The minimum atomic E-state index is -4.63. The molecule has 0 saturated carbocycles. The van der Waals surface area contributed by atoms with Crippen molar-refractivity contribution in [2.75, 3.05) is 16.8 Å². The van der Waals surface area contributed by atoms with Gasteiger partial charge in [0.2, 0.25) is 0 Å². The fourth-order valence-corrected chi connectivity index (χ4v) is 4.41. The Kier molecular flexibility index (Phi) is 5.47. The Hall–Kier alpha value is -4.27. The average Bonchev–Trinajstić information content (AvgIpc) is 2.83. The van der Waals surface area contributed by atoms with Gasteiger partial charge in [0.25, 0.3) is 11.5 Å². The minimum absolute atomic E-state index is 0.101. The Balaban J connectivity index is 1.55. The van der Waals surface area contributed by atoms with E-state index in [1.807, 2.05) is 29.2 Å². The Morgan fingerprint density at radius 1 is 1.00 bits per heavy atom. The zero-order chi connectivity index (χ0) is 24.7. The number of aromatic hydroxyl groups is 1. The maximum Gasteiger partial charge on any atom is 0.416 e. The van der Waals surface area contributed by atoms with Gasteiger partial charge < -0.3 is 20.3 Å². The van der Waals surface area contributed by atoms with Gasteiger partial charge in [0, 0.05) is 18.5 Å². The van der Waals surface area contributed by atoms with Gasteiger partial charge in [0.1, 0.15) is 11.3 Å². The second kappa shape index (κ2) is 8.50. The number of H-pyrrole nitrogens is 1. The van der Waals surface area contributed by atoms with E-state index in [1.165, 1.54) is 12.1 Å². The van der Waals surface area contributed by atoms with Gasteiger partial charge >= 0.3 is 6.18 Å². The maximum atomic E-state index is 13.5. The van der Waals surface area contributed by atoms with Gasteiger partial charge in [-0.05, 0) is 47.9 Å². The van der Waals surface area contributed by atoms with Crippen LogP contribution in [0.4, 0.5) is 24.5 Å². The summed E-state index contributed by atoms with van der Waals surface area (Å²) in [5.41, 5.74) is 0.459. The number of nitrogens with one attached hydrogen (secondary N) is 2. The third-order valence-electron chi connectivity index (χ3n) is 6.16. The monoisotopic (exact) mass is 479 g/mol. The molecule has 35 heavy (non-hydrogen) atoms. The summed E-state index contributed by atoms with van der Waals surface area (Å²) >= 11 is 0. The standard InChI is InChI=1S/C26H20F3N3O3/c27-26(28,29)17-9-10-21(32-12-11-15-5-1-2-6-16(15)14-32)20(13-17)31-25(35)22-23(33)18-7-3-4-8-19(18)30-24(22)34/h1-10,13H,11-12,14H2,(H,31,35)(H2,30,33,34). The molecule has 1 aromatic heterocycles. The second-order valence-corrected chi connectivity index (χ2v) is 8.35. The van der Waals surface area contributed by atoms with Crippen molar-refractivity contribution in [3.63, 3.8) is 0 Å². The minimum Gasteiger partial charge on any atom is -0.506 e. The number of fused-ring (bicyclic) bond motifs is 2. The molecule has 0 atom stereocenters. The Morgan fingerprint density at radius 2 is 1.71 bits per heavy atom. The van der Waals surface area contributed by atoms with Gasteiger partial charge in [0.15, 0.2) is 0 Å². The molecule has 5 rings (SSSR count). The quantitative estimate of drug-likeness (QED) is 0.383. The number of para-hydroxylation sites is 1. The highest BCUT2D eigenvalue weighted by molar-refractivity contribution is 6.10. The Labute approximate surface area is 197 Å². The van der Waals surface area contributed by atoms with Crippen LogP contribution in [0.5, 0.6) is 5.75 Å². The third-order valence-corrected chi connectivity index (χ3v) is 6.16. The van der Waals surface area contributed by atoms with E-state index in [9.17, 15) is 27.9 Å². The van der Waals surface area contributed by atoms with Crippen molar-refractivity contribution in [1.82, 2.24) is 4.98 Å². The number of aromatic nitrogens is 1. The lowest BCUT2D eigenvalue weighted by Crippen LogP contribution is -2.32. The summed E-state index contributed by atoms with van der Waals surface area (Å²) in [5, 5.41) is 13.3. The van der Waals surface area contributed by atoms with E-state index >= 15 is 0 Å². The summed E-state index contributed by atoms with van der Waals surface area (Å²) in [7, 11) is 0. The lowest BCUT2D eigenvalue weighted by Gasteiger charge is -2.32. The Morgan fingerprint density at radius 3 is 2.49 bits per heavy atom. The van der Waals surface area contributed by atoms with E-state index in [-0.39, 0.29) is 11.1 Å². The van der Waals surface area contributed by atoms with Crippen LogP contribution in [0.25, 0.3) is 10.9 Å². The summed E-state index contributed by atoms with van der Waals surface area (Å²) < 4.78 is 40.4. The van der Waals surface area contributed by atoms with Crippen LogP contribution in [0.2, 0.25) is 0 Å². The molecule has 3 N–H and O–H groups in total. The molecule has 0 aliphatic carbocycles. The molecule has 178 valence electrons. The normalized spacial score (nSPS) is 13.5. The van der Waals surface area contributed by atoms with Crippen LogP contribution in [0.1, 0.15) is 27.0 Å². The summed E-state index contributed by atoms with van der Waals surface area (Å²) in [5.74, 6) is -1.55. The average molecular weight is 479 g/mol. The summed E-state index contributed by atoms with van der Waals surface area (Å²) in [4.78, 5) is 30.1. The topological polar surface area (TPSA) is 85.4 Å². The number of hydrogen-bond acceptors (Lipinski definition) is 4. The molecular formula is C26H20F3N3O3. The number of alkyl halides is 3. The number of carbonyl (C=O) groups is 1. The highest BCUT2D eigenvalue weighted by Gasteiger charge is 2.32.